The van der Waals surface area contributed by atoms with E-state index in [9.17, 15) is 13.2 Å². The fourth-order valence-electron chi connectivity index (χ4n) is 2.95. The average molecular weight is 354 g/mol. The van der Waals surface area contributed by atoms with Crippen LogP contribution in [0.5, 0.6) is 5.75 Å². The normalized spacial score (nSPS) is 15.6. The molecular formula is C17H26N2O4S. The number of aryl methyl sites for hydroxylation is 1. The van der Waals surface area contributed by atoms with Crippen LogP contribution in [0, 0.1) is 6.92 Å². The number of amides is 1. The minimum atomic E-state index is -3.25. The van der Waals surface area contributed by atoms with E-state index in [1.54, 1.807) is 0 Å². The number of sulfonamides is 1. The van der Waals surface area contributed by atoms with E-state index in [1.807, 2.05) is 31.2 Å². The third-order valence-corrected chi connectivity index (χ3v) is 5.54. The Hall–Kier alpha value is -1.60. The SMILES string of the molecule is Cc1ccc(OCC(=O)NCCN(C2CCCC2)S(C)(=O)=O)cc1. The number of nitrogens with one attached hydrogen (secondary N) is 1. The first-order valence-electron chi connectivity index (χ1n) is 8.29. The van der Waals surface area contributed by atoms with Crippen LogP contribution in [-0.4, -0.2) is 50.6 Å². The average Bonchev–Trinajstić information content (AvgIpc) is 3.03. The Kier molecular flexibility index (Phi) is 6.62. The summed E-state index contributed by atoms with van der Waals surface area (Å²) in [5, 5.41) is 2.72. The molecule has 1 aliphatic rings. The Morgan fingerprint density at radius 1 is 1.25 bits per heavy atom. The van der Waals surface area contributed by atoms with Crippen molar-refractivity contribution in [2.24, 2.45) is 0 Å². The van der Waals surface area contributed by atoms with E-state index >= 15 is 0 Å². The Labute approximate surface area is 144 Å². The second kappa shape index (κ2) is 8.48. The van der Waals surface area contributed by atoms with Gasteiger partial charge in [0.25, 0.3) is 5.91 Å². The zero-order valence-electron chi connectivity index (χ0n) is 14.3. The van der Waals surface area contributed by atoms with Crippen molar-refractivity contribution < 1.29 is 17.9 Å². The van der Waals surface area contributed by atoms with Crippen LogP contribution < -0.4 is 10.1 Å². The van der Waals surface area contributed by atoms with E-state index < -0.39 is 10.0 Å². The molecule has 1 fully saturated rings. The van der Waals surface area contributed by atoms with Crippen molar-refractivity contribution in [1.82, 2.24) is 9.62 Å². The van der Waals surface area contributed by atoms with Gasteiger partial charge in [0.1, 0.15) is 5.75 Å². The molecule has 0 saturated heterocycles. The van der Waals surface area contributed by atoms with Crippen LogP contribution >= 0.6 is 0 Å². The summed E-state index contributed by atoms with van der Waals surface area (Å²) >= 11 is 0. The molecule has 24 heavy (non-hydrogen) atoms. The molecule has 1 aromatic rings. The fraction of sp³-hybridized carbons (Fsp3) is 0.588. The third kappa shape index (κ3) is 5.79. The predicted octanol–water partition coefficient (Wildman–Crippen LogP) is 1.69. The zero-order chi connectivity index (χ0) is 17.6. The molecule has 0 atom stereocenters. The Morgan fingerprint density at radius 3 is 2.46 bits per heavy atom. The van der Waals surface area contributed by atoms with Crippen LogP contribution in [0.1, 0.15) is 31.2 Å². The minimum Gasteiger partial charge on any atom is -0.484 e. The number of ether oxygens (including phenoxy) is 1. The molecule has 2 rings (SSSR count). The van der Waals surface area contributed by atoms with Gasteiger partial charge < -0.3 is 10.1 Å². The minimum absolute atomic E-state index is 0.0701. The number of rotatable bonds is 8. The van der Waals surface area contributed by atoms with Gasteiger partial charge in [-0.2, -0.15) is 4.31 Å². The summed E-state index contributed by atoms with van der Waals surface area (Å²) in [6, 6.07) is 7.53. The van der Waals surface area contributed by atoms with Gasteiger partial charge in [0.05, 0.1) is 6.26 Å². The summed E-state index contributed by atoms with van der Waals surface area (Å²) in [5.74, 6) is 0.384. The van der Waals surface area contributed by atoms with Gasteiger partial charge >= 0.3 is 0 Å². The van der Waals surface area contributed by atoms with E-state index in [-0.39, 0.29) is 18.6 Å². The monoisotopic (exact) mass is 354 g/mol. The number of nitrogens with zero attached hydrogens (tertiary/aromatic N) is 1. The van der Waals surface area contributed by atoms with Crippen LogP contribution in [0.3, 0.4) is 0 Å². The Morgan fingerprint density at radius 2 is 1.88 bits per heavy atom. The van der Waals surface area contributed by atoms with Crippen LogP contribution in [-0.2, 0) is 14.8 Å². The summed E-state index contributed by atoms with van der Waals surface area (Å²) in [6.45, 7) is 2.50. The highest BCUT2D eigenvalue weighted by Gasteiger charge is 2.28. The Balaban J connectivity index is 1.75. The maximum absolute atomic E-state index is 11.9. The van der Waals surface area contributed by atoms with E-state index in [0.29, 0.717) is 18.8 Å². The standard InChI is InChI=1S/C17H26N2O4S/c1-14-7-9-16(10-8-14)23-13-17(20)18-11-12-19(24(2,21)22)15-5-3-4-6-15/h7-10,15H,3-6,11-13H2,1-2H3,(H,18,20). The van der Waals surface area contributed by atoms with Gasteiger partial charge in [-0.05, 0) is 31.9 Å². The molecule has 0 radical (unpaired) electrons. The number of hydrogen-bond acceptors (Lipinski definition) is 4. The van der Waals surface area contributed by atoms with Gasteiger partial charge in [-0.1, -0.05) is 30.5 Å². The third-order valence-electron chi connectivity index (χ3n) is 4.20. The molecule has 0 spiro atoms. The highest BCUT2D eigenvalue weighted by Crippen LogP contribution is 2.24. The molecule has 134 valence electrons. The molecule has 1 aromatic carbocycles. The topological polar surface area (TPSA) is 75.7 Å². The molecule has 0 bridgehead atoms. The van der Waals surface area contributed by atoms with Crippen LogP contribution in [0.15, 0.2) is 24.3 Å². The summed E-state index contributed by atoms with van der Waals surface area (Å²) in [6.07, 6.45) is 5.16. The van der Waals surface area contributed by atoms with Gasteiger partial charge in [-0.15, -0.1) is 0 Å². The molecule has 0 aliphatic heterocycles. The largest absolute Gasteiger partial charge is 0.484 e. The van der Waals surface area contributed by atoms with Crippen molar-refractivity contribution in [1.29, 1.82) is 0 Å². The smallest absolute Gasteiger partial charge is 0.257 e. The summed E-state index contributed by atoms with van der Waals surface area (Å²) in [5.41, 5.74) is 1.12. The molecule has 1 N–H and O–H groups in total. The number of benzene rings is 1. The molecule has 7 heteroatoms. The lowest BCUT2D eigenvalue weighted by molar-refractivity contribution is -0.123. The highest BCUT2D eigenvalue weighted by molar-refractivity contribution is 7.88. The van der Waals surface area contributed by atoms with Crippen LogP contribution in [0.2, 0.25) is 0 Å². The maximum Gasteiger partial charge on any atom is 0.257 e. The fourth-order valence-corrected chi connectivity index (χ4v) is 4.13. The Bertz CT molecular complexity index is 637. The lowest BCUT2D eigenvalue weighted by Crippen LogP contribution is -2.43. The molecule has 1 amide bonds. The van der Waals surface area contributed by atoms with E-state index in [0.717, 1.165) is 31.2 Å². The number of carbonyl (C=O) groups excluding carboxylic acids is 1. The van der Waals surface area contributed by atoms with E-state index in [4.69, 9.17) is 4.74 Å². The van der Waals surface area contributed by atoms with Crippen molar-refractivity contribution in [2.45, 2.75) is 38.6 Å². The maximum atomic E-state index is 11.9. The van der Waals surface area contributed by atoms with Crippen LogP contribution in [0.25, 0.3) is 0 Å². The quantitative estimate of drug-likeness (QED) is 0.771. The van der Waals surface area contributed by atoms with Crippen LogP contribution in [0.4, 0.5) is 0 Å². The molecule has 0 aromatic heterocycles. The number of hydrogen-bond donors (Lipinski definition) is 1. The molecular weight excluding hydrogens is 328 g/mol. The van der Waals surface area contributed by atoms with Crippen molar-refractivity contribution in [2.75, 3.05) is 26.0 Å². The second-order valence-electron chi connectivity index (χ2n) is 6.26. The molecule has 0 unspecified atom stereocenters. The molecule has 0 heterocycles. The van der Waals surface area contributed by atoms with Gasteiger partial charge in [-0.25, -0.2) is 8.42 Å². The lowest BCUT2D eigenvalue weighted by atomic mass is 10.2. The van der Waals surface area contributed by atoms with Gasteiger partial charge in [0, 0.05) is 19.1 Å². The first-order valence-corrected chi connectivity index (χ1v) is 10.1. The first-order chi connectivity index (χ1) is 11.4. The first kappa shape index (κ1) is 18.7. The second-order valence-corrected chi connectivity index (χ2v) is 8.20. The zero-order valence-corrected chi connectivity index (χ0v) is 15.1. The number of carbonyl (C=O) groups is 1. The van der Waals surface area contributed by atoms with Crippen molar-refractivity contribution in [3.05, 3.63) is 29.8 Å². The predicted molar refractivity (Wildman–Crippen MR) is 93.5 cm³/mol. The van der Waals surface area contributed by atoms with Crippen molar-refractivity contribution in [3.63, 3.8) is 0 Å². The van der Waals surface area contributed by atoms with Crippen molar-refractivity contribution in [3.8, 4) is 5.75 Å². The van der Waals surface area contributed by atoms with Gasteiger partial charge in [-0.3, -0.25) is 4.79 Å². The van der Waals surface area contributed by atoms with E-state index in [2.05, 4.69) is 5.32 Å². The van der Waals surface area contributed by atoms with Crippen molar-refractivity contribution >= 4 is 15.9 Å². The van der Waals surface area contributed by atoms with Gasteiger partial charge in [0.2, 0.25) is 10.0 Å². The summed E-state index contributed by atoms with van der Waals surface area (Å²) in [4.78, 5) is 11.8. The van der Waals surface area contributed by atoms with E-state index in [1.165, 1.54) is 10.6 Å². The summed E-state index contributed by atoms with van der Waals surface area (Å²) in [7, 11) is -3.25. The van der Waals surface area contributed by atoms with Gasteiger partial charge in [0.15, 0.2) is 6.61 Å². The summed E-state index contributed by atoms with van der Waals surface area (Å²) < 4.78 is 30.8. The molecule has 1 aliphatic carbocycles. The highest BCUT2D eigenvalue weighted by atomic mass is 32.2. The molecule has 6 nitrogen and oxygen atoms in total. The molecule has 1 saturated carbocycles. The lowest BCUT2D eigenvalue weighted by Gasteiger charge is -2.26.